The minimum Gasteiger partial charge on any atom is -0.350 e. The summed E-state index contributed by atoms with van der Waals surface area (Å²) in [5.41, 5.74) is 7.09. The van der Waals surface area contributed by atoms with Gasteiger partial charge >= 0.3 is 0 Å². The summed E-state index contributed by atoms with van der Waals surface area (Å²) in [7, 11) is 0. The number of nitrogens with one attached hydrogen (secondary N) is 1. The van der Waals surface area contributed by atoms with Gasteiger partial charge in [0.1, 0.15) is 5.69 Å². The molecular formula is C12H22N4O. The molecule has 1 amide bonds. The summed E-state index contributed by atoms with van der Waals surface area (Å²) >= 11 is 0. The molecule has 0 fully saturated rings. The maximum absolute atomic E-state index is 12.0. The molecule has 1 atom stereocenters. The van der Waals surface area contributed by atoms with Gasteiger partial charge in [0.25, 0.3) is 5.91 Å². The lowest BCUT2D eigenvalue weighted by atomic mass is 10.2. The molecule has 0 aliphatic heterocycles. The van der Waals surface area contributed by atoms with Crippen molar-refractivity contribution in [2.45, 2.75) is 33.7 Å². The number of rotatable bonds is 6. The molecule has 1 heterocycles. The fourth-order valence-electron chi connectivity index (χ4n) is 1.51. The second-order valence-corrected chi connectivity index (χ2v) is 4.24. The van der Waals surface area contributed by atoms with Crippen LogP contribution in [0.2, 0.25) is 0 Å². The quantitative estimate of drug-likeness (QED) is 0.769. The van der Waals surface area contributed by atoms with Crippen LogP contribution in [0.25, 0.3) is 0 Å². The molecule has 0 saturated carbocycles. The number of hydrogen-bond donors (Lipinski definition) is 2. The van der Waals surface area contributed by atoms with Gasteiger partial charge in [0.05, 0.1) is 5.69 Å². The Balaban J connectivity index is 2.70. The van der Waals surface area contributed by atoms with Crippen LogP contribution in [0.3, 0.4) is 0 Å². The third-order valence-corrected chi connectivity index (χ3v) is 2.74. The van der Waals surface area contributed by atoms with Crippen molar-refractivity contribution in [1.82, 2.24) is 15.1 Å². The molecule has 0 aliphatic rings. The highest BCUT2D eigenvalue weighted by atomic mass is 16.2. The standard InChI is InChI=1S/C12H22N4O/c1-4-10-6-11(16(5-2)15-10)12(17)14-8-9(3)7-13/h6,9H,4-5,7-8,13H2,1-3H3,(H,14,17). The fraction of sp³-hybridized carbons (Fsp3) is 0.667. The third-order valence-electron chi connectivity index (χ3n) is 2.74. The molecule has 3 N–H and O–H groups in total. The predicted molar refractivity (Wildman–Crippen MR) is 67.8 cm³/mol. The van der Waals surface area contributed by atoms with E-state index in [-0.39, 0.29) is 5.91 Å². The largest absolute Gasteiger partial charge is 0.350 e. The van der Waals surface area contributed by atoms with E-state index in [1.165, 1.54) is 0 Å². The average Bonchev–Trinajstić information content (AvgIpc) is 2.78. The summed E-state index contributed by atoms with van der Waals surface area (Å²) in [4.78, 5) is 12.0. The monoisotopic (exact) mass is 238 g/mol. The molecule has 5 heteroatoms. The predicted octanol–water partition coefficient (Wildman–Crippen LogP) is 0.790. The molecule has 0 aliphatic carbocycles. The molecule has 1 aromatic heterocycles. The summed E-state index contributed by atoms with van der Waals surface area (Å²) in [6.07, 6.45) is 0.840. The van der Waals surface area contributed by atoms with Crippen molar-refractivity contribution >= 4 is 5.91 Å². The number of nitrogens with two attached hydrogens (primary N) is 1. The van der Waals surface area contributed by atoms with E-state index >= 15 is 0 Å². The molecule has 0 aromatic carbocycles. The SMILES string of the molecule is CCc1cc(C(=O)NCC(C)CN)n(CC)n1. The van der Waals surface area contributed by atoms with Gasteiger partial charge in [-0.05, 0) is 31.9 Å². The van der Waals surface area contributed by atoms with Crippen LogP contribution < -0.4 is 11.1 Å². The molecule has 1 rings (SSSR count). The number of carbonyl (C=O) groups excluding carboxylic acids is 1. The molecule has 5 nitrogen and oxygen atoms in total. The topological polar surface area (TPSA) is 72.9 Å². The van der Waals surface area contributed by atoms with Crippen LogP contribution in [-0.4, -0.2) is 28.8 Å². The Labute approximate surface area is 102 Å². The number of aromatic nitrogens is 2. The first-order chi connectivity index (χ1) is 8.12. The van der Waals surface area contributed by atoms with Gasteiger partial charge in [0.15, 0.2) is 0 Å². The highest BCUT2D eigenvalue weighted by molar-refractivity contribution is 5.92. The van der Waals surface area contributed by atoms with Crippen molar-refractivity contribution in [2.75, 3.05) is 13.1 Å². The van der Waals surface area contributed by atoms with Crippen molar-refractivity contribution in [3.05, 3.63) is 17.5 Å². The van der Waals surface area contributed by atoms with E-state index in [0.717, 1.165) is 12.1 Å². The maximum atomic E-state index is 12.0. The van der Waals surface area contributed by atoms with Crippen molar-refractivity contribution < 1.29 is 4.79 Å². The van der Waals surface area contributed by atoms with E-state index in [1.807, 2.05) is 26.8 Å². The van der Waals surface area contributed by atoms with Gasteiger partial charge in [0, 0.05) is 13.1 Å². The van der Waals surface area contributed by atoms with Crippen molar-refractivity contribution in [2.24, 2.45) is 11.7 Å². The van der Waals surface area contributed by atoms with Crippen molar-refractivity contribution in [1.29, 1.82) is 0 Å². The Morgan fingerprint density at radius 1 is 1.59 bits per heavy atom. The van der Waals surface area contributed by atoms with Crippen LogP contribution in [0.5, 0.6) is 0 Å². The maximum Gasteiger partial charge on any atom is 0.269 e. The van der Waals surface area contributed by atoms with E-state index in [9.17, 15) is 4.79 Å². The highest BCUT2D eigenvalue weighted by Crippen LogP contribution is 2.05. The first kappa shape index (κ1) is 13.7. The van der Waals surface area contributed by atoms with Gasteiger partial charge < -0.3 is 11.1 Å². The molecule has 0 radical (unpaired) electrons. The van der Waals surface area contributed by atoms with Gasteiger partial charge in [-0.2, -0.15) is 5.10 Å². The smallest absolute Gasteiger partial charge is 0.269 e. The van der Waals surface area contributed by atoms with Crippen LogP contribution in [0.15, 0.2) is 6.07 Å². The lowest BCUT2D eigenvalue weighted by molar-refractivity contribution is 0.0938. The zero-order valence-corrected chi connectivity index (χ0v) is 10.9. The van der Waals surface area contributed by atoms with Crippen molar-refractivity contribution in [3.63, 3.8) is 0 Å². The van der Waals surface area contributed by atoms with Gasteiger partial charge in [-0.15, -0.1) is 0 Å². The minimum atomic E-state index is -0.0700. The fourth-order valence-corrected chi connectivity index (χ4v) is 1.51. The Kier molecular flexibility index (Phi) is 5.15. The highest BCUT2D eigenvalue weighted by Gasteiger charge is 2.14. The summed E-state index contributed by atoms with van der Waals surface area (Å²) in [5.74, 6) is 0.224. The molecule has 0 saturated heterocycles. The second-order valence-electron chi connectivity index (χ2n) is 4.24. The van der Waals surface area contributed by atoms with E-state index in [4.69, 9.17) is 5.73 Å². The first-order valence-corrected chi connectivity index (χ1v) is 6.17. The van der Waals surface area contributed by atoms with E-state index in [0.29, 0.717) is 31.2 Å². The Morgan fingerprint density at radius 2 is 2.29 bits per heavy atom. The molecule has 96 valence electrons. The molecule has 0 bridgehead atoms. The summed E-state index contributed by atoms with van der Waals surface area (Å²) < 4.78 is 1.74. The lowest BCUT2D eigenvalue weighted by Crippen LogP contribution is -2.32. The van der Waals surface area contributed by atoms with Crippen molar-refractivity contribution in [3.8, 4) is 0 Å². The number of aryl methyl sites for hydroxylation is 2. The van der Waals surface area contributed by atoms with Gasteiger partial charge in [-0.25, -0.2) is 0 Å². The van der Waals surface area contributed by atoms with E-state index in [2.05, 4.69) is 10.4 Å². The number of nitrogens with zero attached hydrogens (tertiary/aromatic N) is 2. The summed E-state index contributed by atoms with van der Waals surface area (Å²) in [5, 5.41) is 7.23. The zero-order valence-electron chi connectivity index (χ0n) is 10.9. The third kappa shape index (κ3) is 3.56. The Hall–Kier alpha value is -1.36. The van der Waals surface area contributed by atoms with E-state index < -0.39 is 0 Å². The molecular weight excluding hydrogens is 216 g/mol. The second kappa shape index (κ2) is 6.39. The van der Waals surface area contributed by atoms with Gasteiger partial charge in [-0.3, -0.25) is 9.48 Å². The lowest BCUT2D eigenvalue weighted by Gasteiger charge is -2.10. The van der Waals surface area contributed by atoms with Crippen LogP contribution in [0, 0.1) is 5.92 Å². The summed E-state index contributed by atoms with van der Waals surface area (Å²) in [6, 6.07) is 1.85. The Morgan fingerprint density at radius 3 is 2.82 bits per heavy atom. The Bertz CT molecular complexity index is 373. The van der Waals surface area contributed by atoms with Crippen LogP contribution in [-0.2, 0) is 13.0 Å². The summed E-state index contributed by atoms with van der Waals surface area (Å²) in [6.45, 7) is 7.90. The minimum absolute atomic E-state index is 0.0700. The van der Waals surface area contributed by atoms with Crippen LogP contribution in [0.4, 0.5) is 0 Å². The molecule has 0 spiro atoms. The normalized spacial score (nSPS) is 12.5. The van der Waals surface area contributed by atoms with Gasteiger partial charge in [0.2, 0.25) is 0 Å². The number of carbonyl (C=O) groups is 1. The van der Waals surface area contributed by atoms with Crippen LogP contribution in [0.1, 0.15) is 37.0 Å². The molecule has 17 heavy (non-hydrogen) atoms. The number of amides is 1. The molecule has 1 unspecified atom stereocenters. The van der Waals surface area contributed by atoms with E-state index in [1.54, 1.807) is 4.68 Å². The first-order valence-electron chi connectivity index (χ1n) is 6.17. The average molecular weight is 238 g/mol. The van der Waals surface area contributed by atoms with Gasteiger partial charge in [-0.1, -0.05) is 13.8 Å². The number of hydrogen-bond acceptors (Lipinski definition) is 3. The molecule has 1 aromatic rings. The zero-order chi connectivity index (χ0) is 12.8. The van der Waals surface area contributed by atoms with Crippen LogP contribution >= 0.6 is 0 Å².